The van der Waals surface area contributed by atoms with E-state index >= 15 is 0 Å². The Kier molecular flexibility index (Phi) is 6.57. The van der Waals surface area contributed by atoms with Crippen molar-refractivity contribution in [2.24, 2.45) is 5.18 Å². The number of nitrogens with zero attached hydrogens (tertiary/aromatic N) is 1. The van der Waals surface area contributed by atoms with Gasteiger partial charge in [-0.3, -0.25) is 0 Å². The highest BCUT2D eigenvalue weighted by molar-refractivity contribution is 5.75. The number of ether oxygens (including phenoxy) is 2. The van der Waals surface area contributed by atoms with E-state index in [0.29, 0.717) is 19.4 Å². The lowest BCUT2D eigenvalue weighted by molar-refractivity contribution is -0.142. The van der Waals surface area contributed by atoms with Crippen LogP contribution in [-0.4, -0.2) is 25.7 Å². The molecule has 104 valence electrons. The van der Waals surface area contributed by atoms with Gasteiger partial charge in [0.2, 0.25) is 0 Å². The summed E-state index contributed by atoms with van der Waals surface area (Å²) in [5.41, 5.74) is 1.19. The molecule has 0 heterocycles. The van der Waals surface area contributed by atoms with Crippen molar-refractivity contribution in [3.8, 4) is 5.75 Å². The summed E-state index contributed by atoms with van der Waals surface area (Å²) < 4.78 is 10.0. The van der Waals surface area contributed by atoms with Gasteiger partial charge in [0, 0.05) is 0 Å². The Morgan fingerprint density at radius 2 is 1.95 bits per heavy atom. The minimum absolute atomic E-state index is 0.396. The number of nitroso groups, excluding NO2 is 1. The summed E-state index contributed by atoms with van der Waals surface area (Å²) in [5, 5.41) is 2.76. The molecule has 0 amide bonds. The molecule has 0 bridgehead atoms. The monoisotopic (exact) mass is 265 g/mol. The van der Waals surface area contributed by atoms with Crippen LogP contribution in [0.25, 0.3) is 0 Å². The number of esters is 1. The van der Waals surface area contributed by atoms with Gasteiger partial charge in [-0.25, -0.2) is 4.79 Å². The second kappa shape index (κ2) is 8.24. The zero-order chi connectivity index (χ0) is 14.1. The largest absolute Gasteiger partial charge is 0.494 e. The first-order valence-corrected chi connectivity index (χ1v) is 6.27. The quantitative estimate of drug-likeness (QED) is 0.412. The number of carbonyl (C=O) groups is 1. The van der Waals surface area contributed by atoms with Crippen LogP contribution in [0.5, 0.6) is 5.75 Å². The molecule has 1 atom stereocenters. The van der Waals surface area contributed by atoms with Crippen LogP contribution in [0, 0.1) is 11.8 Å². The number of hydrogen-bond acceptors (Lipinski definition) is 5. The maximum absolute atomic E-state index is 11.1. The van der Waals surface area contributed by atoms with Gasteiger partial charge in [-0.1, -0.05) is 22.9 Å². The normalized spacial score (nSPS) is 11.7. The van der Waals surface area contributed by atoms with E-state index in [1.165, 1.54) is 12.7 Å². The minimum atomic E-state index is -0.899. The highest BCUT2D eigenvalue weighted by atomic mass is 16.5. The van der Waals surface area contributed by atoms with E-state index in [0.717, 1.165) is 12.2 Å². The average molecular weight is 265 g/mol. The lowest BCUT2D eigenvalue weighted by atomic mass is 10.1. The Balaban J connectivity index is 2.18. The molecule has 0 fully saturated rings. The summed E-state index contributed by atoms with van der Waals surface area (Å²) in [6, 6.07) is 6.90. The van der Waals surface area contributed by atoms with Crippen molar-refractivity contribution in [3.05, 3.63) is 34.7 Å². The van der Waals surface area contributed by atoms with E-state index in [-0.39, 0.29) is 0 Å². The van der Waals surface area contributed by atoms with Crippen molar-refractivity contribution >= 4 is 5.97 Å². The van der Waals surface area contributed by atoms with Gasteiger partial charge in [0.1, 0.15) is 5.75 Å². The van der Waals surface area contributed by atoms with E-state index < -0.39 is 12.0 Å². The van der Waals surface area contributed by atoms with Crippen LogP contribution in [0.1, 0.15) is 24.8 Å². The summed E-state index contributed by atoms with van der Waals surface area (Å²) in [6.45, 7) is 2.57. The zero-order valence-corrected chi connectivity index (χ0v) is 11.3. The molecule has 1 rings (SSSR count). The van der Waals surface area contributed by atoms with E-state index in [4.69, 9.17) is 4.74 Å². The second-order valence-corrected chi connectivity index (χ2v) is 4.30. The molecule has 0 saturated heterocycles. The maximum Gasteiger partial charge on any atom is 0.334 e. The topological polar surface area (TPSA) is 65.0 Å². The van der Waals surface area contributed by atoms with Crippen molar-refractivity contribution in [2.75, 3.05) is 13.7 Å². The molecule has 0 spiro atoms. The summed E-state index contributed by atoms with van der Waals surface area (Å²) in [5.74, 6) is 0.248. The Hall–Kier alpha value is -1.91. The van der Waals surface area contributed by atoms with Gasteiger partial charge in [0.05, 0.1) is 13.7 Å². The van der Waals surface area contributed by atoms with Gasteiger partial charge in [-0.05, 0) is 38.3 Å². The molecule has 0 saturated carbocycles. The van der Waals surface area contributed by atoms with E-state index in [9.17, 15) is 9.70 Å². The van der Waals surface area contributed by atoms with Crippen LogP contribution in [-0.2, 0) is 9.53 Å². The molecule has 5 nitrogen and oxygen atoms in total. The van der Waals surface area contributed by atoms with Crippen molar-refractivity contribution in [1.82, 2.24) is 0 Å². The molecule has 1 aromatic rings. The molecular formula is C14H19NO4. The SMILES string of the molecule is COC(=O)C(CCCCOc1ccc(C)cc1)N=O. The molecule has 0 aliphatic heterocycles. The highest BCUT2D eigenvalue weighted by Crippen LogP contribution is 2.12. The van der Waals surface area contributed by atoms with Crippen molar-refractivity contribution in [1.29, 1.82) is 0 Å². The van der Waals surface area contributed by atoms with Gasteiger partial charge in [-0.2, -0.15) is 0 Å². The summed E-state index contributed by atoms with van der Waals surface area (Å²) >= 11 is 0. The summed E-state index contributed by atoms with van der Waals surface area (Å²) in [4.78, 5) is 21.6. The fraction of sp³-hybridized carbons (Fsp3) is 0.500. The van der Waals surface area contributed by atoms with E-state index in [1.54, 1.807) is 0 Å². The highest BCUT2D eigenvalue weighted by Gasteiger charge is 2.18. The number of rotatable bonds is 8. The molecule has 0 N–H and O–H groups in total. The molecule has 5 heteroatoms. The lowest BCUT2D eigenvalue weighted by Crippen LogP contribution is -2.19. The number of unbranched alkanes of at least 4 members (excludes halogenated alkanes) is 1. The van der Waals surface area contributed by atoms with E-state index in [1.807, 2.05) is 31.2 Å². The third kappa shape index (κ3) is 5.50. The van der Waals surface area contributed by atoms with Gasteiger partial charge >= 0.3 is 5.97 Å². The number of benzene rings is 1. The van der Waals surface area contributed by atoms with Gasteiger partial charge in [-0.15, -0.1) is 4.91 Å². The van der Waals surface area contributed by atoms with Crippen LogP contribution in [0.4, 0.5) is 0 Å². The molecule has 1 unspecified atom stereocenters. The predicted octanol–water partition coefficient (Wildman–Crippen LogP) is 2.85. The Bertz CT molecular complexity index is 402. The predicted molar refractivity (Wildman–Crippen MR) is 72.1 cm³/mol. The Labute approximate surface area is 112 Å². The first-order valence-electron chi connectivity index (χ1n) is 6.27. The third-order valence-corrected chi connectivity index (χ3v) is 2.76. The molecule has 0 aliphatic rings. The van der Waals surface area contributed by atoms with E-state index in [2.05, 4.69) is 9.91 Å². The molecule has 0 radical (unpaired) electrons. The van der Waals surface area contributed by atoms with Crippen molar-refractivity contribution in [2.45, 2.75) is 32.2 Å². The maximum atomic E-state index is 11.1. The molecule has 0 aromatic heterocycles. The lowest BCUT2D eigenvalue weighted by Gasteiger charge is -2.08. The van der Waals surface area contributed by atoms with Crippen LogP contribution in [0.3, 0.4) is 0 Å². The Morgan fingerprint density at radius 1 is 1.26 bits per heavy atom. The number of hydrogen-bond donors (Lipinski definition) is 0. The molecule has 0 aliphatic carbocycles. The average Bonchev–Trinajstić information content (AvgIpc) is 2.44. The number of aryl methyl sites for hydroxylation is 1. The zero-order valence-electron chi connectivity index (χ0n) is 11.3. The van der Waals surface area contributed by atoms with Gasteiger partial charge in [0.25, 0.3) is 0 Å². The summed E-state index contributed by atoms with van der Waals surface area (Å²) in [6.07, 6.45) is 1.85. The smallest absolute Gasteiger partial charge is 0.334 e. The van der Waals surface area contributed by atoms with Gasteiger partial charge < -0.3 is 9.47 Å². The fourth-order valence-corrected chi connectivity index (χ4v) is 1.61. The third-order valence-electron chi connectivity index (χ3n) is 2.76. The molecular weight excluding hydrogens is 246 g/mol. The van der Waals surface area contributed by atoms with Crippen molar-refractivity contribution < 1.29 is 14.3 Å². The number of methoxy groups -OCH3 is 1. The standard InChI is InChI=1S/C14H19NO4/c1-11-6-8-12(9-7-11)19-10-4-3-5-13(15-17)14(16)18-2/h6-9,13H,3-5,10H2,1-2H3. The van der Waals surface area contributed by atoms with Crippen molar-refractivity contribution in [3.63, 3.8) is 0 Å². The second-order valence-electron chi connectivity index (χ2n) is 4.30. The van der Waals surface area contributed by atoms with Gasteiger partial charge in [0.15, 0.2) is 6.04 Å². The van der Waals surface area contributed by atoms with Crippen LogP contribution >= 0.6 is 0 Å². The molecule has 19 heavy (non-hydrogen) atoms. The number of carbonyl (C=O) groups excluding carboxylic acids is 1. The minimum Gasteiger partial charge on any atom is -0.494 e. The molecule has 1 aromatic carbocycles. The summed E-state index contributed by atoms with van der Waals surface area (Å²) in [7, 11) is 1.25. The van der Waals surface area contributed by atoms with Crippen LogP contribution < -0.4 is 4.74 Å². The fourth-order valence-electron chi connectivity index (χ4n) is 1.61. The Morgan fingerprint density at radius 3 is 2.53 bits per heavy atom. The van der Waals surface area contributed by atoms with Crippen LogP contribution in [0.15, 0.2) is 29.4 Å². The van der Waals surface area contributed by atoms with Crippen LogP contribution in [0.2, 0.25) is 0 Å². The first kappa shape index (κ1) is 15.1. The first-order chi connectivity index (χ1) is 9.17.